The third-order valence-electron chi connectivity index (χ3n) is 4.53. The zero-order valence-corrected chi connectivity index (χ0v) is 12.0. The summed E-state index contributed by atoms with van der Waals surface area (Å²) in [5.41, 5.74) is -0.0948. The van der Waals surface area contributed by atoms with Crippen molar-refractivity contribution in [3.05, 3.63) is 0 Å². The zero-order valence-electron chi connectivity index (χ0n) is 12.0. The van der Waals surface area contributed by atoms with Crippen molar-refractivity contribution in [2.45, 2.75) is 57.8 Å². The van der Waals surface area contributed by atoms with E-state index in [9.17, 15) is 0 Å². The van der Waals surface area contributed by atoms with E-state index in [0.717, 1.165) is 0 Å². The summed E-state index contributed by atoms with van der Waals surface area (Å²) >= 11 is 0. The quantitative estimate of drug-likeness (QED) is 0.815. The highest BCUT2D eigenvalue weighted by Crippen LogP contribution is 2.42. The van der Waals surface area contributed by atoms with Crippen molar-refractivity contribution >= 4 is 0 Å². The Bertz CT molecular complexity index is 269. The summed E-state index contributed by atoms with van der Waals surface area (Å²) in [6, 6.07) is 0.443. The molecule has 0 radical (unpaired) electrons. The predicted octanol–water partition coefficient (Wildman–Crippen LogP) is 1.87. The van der Waals surface area contributed by atoms with Gasteiger partial charge in [-0.1, -0.05) is 0 Å². The average molecular weight is 240 g/mol. The molecule has 2 heterocycles. The topological polar surface area (TPSA) is 24.5 Å². The van der Waals surface area contributed by atoms with E-state index in [2.05, 4.69) is 45.0 Å². The molecule has 3 nitrogen and oxygen atoms in total. The molecular weight excluding hydrogens is 212 g/mol. The van der Waals surface area contributed by atoms with E-state index in [4.69, 9.17) is 4.74 Å². The highest BCUT2D eigenvalue weighted by Gasteiger charge is 2.53. The molecule has 0 bridgehead atoms. The maximum absolute atomic E-state index is 6.27. The van der Waals surface area contributed by atoms with Crippen LogP contribution in [0.25, 0.3) is 0 Å². The molecule has 2 atom stereocenters. The number of ether oxygens (including phenoxy) is 1. The Hall–Kier alpha value is -0.120. The van der Waals surface area contributed by atoms with Gasteiger partial charge >= 0.3 is 0 Å². The van der Waals surface area contributed by atoms with Crippen LogP contribution in [0.3, 0.4) is 0 Å². The molecule has 2 rings (SSSR count). The molecule has 0 saturated carbocycles. The van der Waals surface area contributed by atoms with Crippen LogP contribution in [0.5, 0.6) is 0 Å². The summed E-state index contributed by atoms with van der Waals surface area (Å²) in [5, 5.41) is 3.48. The van der Waals surface area contributed by atoms with Crippen LogP contribution in [0.4, 0.5) is 0 Å². The zero-order chi connectivity index (χ0) is 12.7. The average Bonchev–Trinajstić information content (AvgIpc) is 2.72. The maximum atomic E-state index is 6.27. The van der Waals surface area contributed by atoms with Gasteiger partial charge in [-0.2, -0.15) is 0 Å². The first-order chi connectivity index (χ1) is 7.87. The molecule has 2 unspecified atom stereocenters. The molecule has 100 valence electrons. The van der Waals surface area contributed by atoms with E-state index >= 15 is 0 Å². The number of likely N-dealkylation sites (N-methyl/N-ethyl adjacent to an activating group) is 1. The van der Waals surface area contributed by atoms with Crippen LogP contribution in [0.1, 0.15) is 40.5 Å². The van der Waals surface area contributed by atoms with E-state index < -0.39 is 0 Å². The minimum Gasteiger partial charge on any atom is -0.368 e. The van der Waals surface area contributed by atoms with Crippen molar-refractivity contribution in [1.29, 1.82) is 0 Å². The normalized spacial score (nSPS) is 36.5. The second-order valence-corrected chi connectivity index (χ2v) is 6.69. The molecule has 2 saturated heterocycles. The van der Waals surface area contributed by atoms with Crippen molar-refractivity contribution in [3.63, 3.8) is 0 Å². The Labute approximate surface area is 106 Å². The predicted molar refractivity (Wildman–Crippen MR) is 71.3 cm³/mol. The van der Waals surface area contributed by atoms with Gasteiger partial charge in [0.05, 0.1) is 11.2 Å². The summed E-state index contributed by atoms with van der Waals surface area (Å²) < 4.78 is 6.27. The molecule has 2 fully saturated rings. The third-order valence-corrected chi connectivity index (χ3v) is 4.53. The van der Waals surface area contributed by atoms with Crippen LogP contribution in [-0.2, 0) is 4.74 Å². The fourth-order valence-electron chi connectivity index (χ4n) is 3.82. The Morgan fingerprint density at radius 1 is 1.12 bits per heavy atom. The molecule has 0 aromatic heterocycles. The minimum atomic E-state index is -0.0668. The smallest absolute Gasteiger partial charge is 0.0790 e. The number of nitrogens with zero attached hydrogens (tertiary/aromatic N) is 1. The largest absolute Gasteiger partial charge is 0.368 e. The van der Waals surface area contributed by atoms with Gasteiger partial charge in [-0.15, -0.1) is 0 Å². The first kappa shape index (κ1) is 13.3. The highest BCUT2D eigenvalue weighted by atomic mass is 16.5. The van der Waals surface area contributed by atoms with Crippen molar-refractivity contribution < 1.29 is 4.74 Å². The molecule has 2 aliphatic rings. The van der Waals surface area contributed by atoms with Gasteiger partial charge in [0.15, 0.2) is 0 Å². The molecule has 1 N–H and O–H groups in total. The van der Waals surface area contributed by atoms with Gasteiger partial charge in [-0.25, -0.2) is 0 Å². The Balaban J connectivity index is 2.11. The van der Waals surface area contributed by atoms with Crippen molar-refractivity contribution in [2.75, 3.05) is 26.7 Å². The van der Waals surface area contributed by atoms with Crippen molar-refractivity contribution in [3.8, 4) is 0 Å². The molecule has 2 aliphatic heterocycles. The van der Waals surface area contributed by atoms with Gasteiger partial charge in [-0.3, -0.25) is 0 Å². The Morgan fingerprint density at radius 2 is 1.71 bits per heavy atom. The summed E-state index contributed by atoms with van der Waals surface area (Å²) in [6.07, 6.45) is 2.73. The molecule has 0 aromatic rings. The van der Waals surface area contributed by atoms with Crippen LogP contribution in [-0.4, -0.2) is 48.8 Å². The van der Waals surface area contributed by atoms with Crippen molar-refractivity contribution in [2.24, 2.45) is 5.92 Å². The first-order valence-electron chi connectivity index (χ1n) is 6.96. The van der Waals surface area contributed by atoms with E-state index in [1.807, 2.05) is 0 Å². The van der Waals surface area contributed by atoms with Crippen molar-refractivity contribution in [1.82, 2.24) is 10.2 Å². The molecule has 17 heavy (non-hydrogen) atoms. The maximum Gasteiger partial charge on any atom is 0.0790 e. The molecule has 0 aromatic carbocycles. The number of hydrogen-bond donors (Lipinski definition) is 1. The summed E-state index contributed by atoms with van der Waals surface area (Å²) in [6.45, 7) is 12.6. The van der Waals surface area contributed by atoms with Crippen LogP contribution in [0.2, 0.25) is 0 Å². The molecule has 3 heteroatoms. The van der Waals surface area contributed by atoms with Gasteiger partial charge in [0, 0.05) is 18.5 Å². The highest BCUT2D eigenvalue weighted by molar-refractivity contribution is 5.05. The summed E-state index contributed by atoms with van der Waals surface area (Å²) in [5.74, 6) is 0.570. The number of rotatable bonds is 3. The second kappa shape index (κ2) is 4.52. The fourth-order valence-corrected chi connectivity index (χ4v) is 3.82. The van der Waals surface area contributed by atoms with Crippen LogP contribution < -0.4 is 5.32 Å². The lowest BCUT2D eigenvalue weighted by molar-refractivity contribution is -0.0790. The van der Waals surface area contributed by atoms with Gasteiger partial charge < -0.3 is 15.0 Å². The monoisotopic (exact) mass is 240 g/mol. The second-order valence-electron chi connectivity index (χ2n) is 6.69. The van der Waals surface area contributed by atoms with E-state index in [0.29, 0.717) is 12.0 Å². The van der Waals surface area contributed by atoms with E-state index in [1.165, 1.54) is 32.5 Å². The number of hydrogen-bond acceptors (Lipinski definition) is 3. The van der Waals surface area contributed by atoms with Gasteiger partial charge in [0.2, 0.25) is 0 Å². The molecular formula is C14H28N2O. The molecule has 0 amide bonds. The van der Waals surface area contributed by atoms with Gasteiger partial charge in [-0.05, 0) is 60.7 Å². The summed E-state index contributed by atoms with van der Waals surface area (Å²) in [7, 11) is 2.06. The van der Waals surface area contributed by atoms with Gasteiger partial charge in [0.1, 0.15) is 0 Å². The standard InChI is InChI=1S/C14H28N2O/c1-13(2)11(10-16-8-6-7-9-16)12(15-5)14(3,4)17-13/h11-12,15H,6-10H2,1-5H3. The third kappa shape index (κ3) is 2.51. The SMILES string of the molecule is CNC1C(CN2CCCC2)C(C)(C)OC1(C)C. The number of likely N-dealkylation sites (tertiary alicyclic amines) is 1. The first-order valence-corrected chi connectivity index (χ1v) is 6.96. The van der Waals surface area contributed by atoms with Crippen LogP contribution >= 0.6 is 0 Å². The van der Waals surface area contributed by atoms with Gasteiger partial charge in [0.25, 0.3) is 0 Å². The van der Waals surface area contributed by atoms with E-state index in [1.54, 1.807) is 0 Å². The Kier molecular flexibility index (Phi) is 3.54. The lowest BCUT2D eigenvalue weighted by Crippen LogP contribution is -2.49. The minimum absolute atomic E-state index is 0.0280. The number of nitrogens with one attached hydrogen (secondary N) is 1. The Morgan fingerprint density at radius 3 is 2.24 bits per heavy atom. The molecule has 0 aliphatic carbocycles. The van der Waals surface area contributed by atoms with Crippen LogP contribution in [0.15, 0.2) is 0 Å². The lowest BCUT2D eigenvalue weighted by atomic mass is 9.82. The van der Waals surface area contributed by atoms with Crippen LogP contribution in [0, 0.1) is 5.92 Å². The summed E-state index contributed by atoms with van der Waals surface area (Å²) in [4.78, 5) is 2.60. The van der Waals surface area contributed by atoms with E-state index in [-0.39, 0.29) is 11.2 Å². The lowest BCUT2D eigenvalue weighted by Gasteiger charge is -2.32. The fraction of sp³-hybridized carbons (Fsp3) is 1.00. The molecule has 0 spiro atoms.